The predicted octanol–water partition coefficient (Wildman–Crippen LogP) is 7.17. The van der Waals surface area contributed by atoms with Gasteiger partial charge in [0, 0.05) is 0 Å². The monoisotopic (exact) mass is 494 g/mol. The van der Waals surface area contributed by atoms with Crippen molar-refractivity contribution in [3.63, 3.8) is 0 Å². The molecule has 31 heavy (non-hydrogen) atoms. The van der Waals surface area contributed by atoms with Crippen LogP contribution < -0.4 is 18.9 Å². The van der Waals surface area contributed by atoms with Gasteiger partial charge < -0.3 is 18.9 Å². The lowest BCUT2D eigenvalue weighted by Crippen LogP contribution is -2.06. The minimum absolute atomic E-state index is 0.160. The first-order chi connectivity index (χ1) is 14.9. The lowest BCUT2D eigenvalue weighted by molar-refractivity contribution is 0.241. The summed E-state index contributed by atoms with van der Waals surface area (Å²) >= 11 is 2.75. The Morgan fingerprint density at radius 2 is 1.61 bits per heavy atom. The van der Waals surface area contributed by atoms with Gasteiger partial charge in [0.25, 0.3) is 0 Å². The van der Waals surface area contributed by atoms with Crippen LogP contribution in [-0.4, -0.2) is 25.9 Å². The Hall–Kier alpha value is -2.21. The molecule has 0 aromatic heterocycles. The number of hydrogen-bond donors (Lipinski definition) is 0. The van der Waals surface area contributed by atoms with Gasteiger partial charge in [0.1, 0.15) is 29.6 Å². The van der Waals surface area contributed by atoms with E-state index < -0.39 is 4.74 Å². The van der Waals surface area contributed by atoms with Crippen LogP contribution in [-0.2, 0) is 6.42 Å². The minimum Gasteiger partial charge on any atom is -0.494 e. The van der Waals surface area contributed by atoms with Crippen molar-refractivity contribution in [1.82, 2.24) is 0 Å². The molecule has 0 saturated carbocycles. The van der Waals surface area contributed by atoms with Crippen LogP contribution in [0.4, 0.5) is 4.39 Å². The molecule has 0 amide bonds. The number of hydrogen-bond acceptors (Lipinski definition) is 4. The topological polar surface area (TPSA) is 36.9 Å². The molecule has 2 rings (SSSR count). The Bertz CT molecular complexity index is 830. The van der Waals surface area contributed by atoms with Gasteiger partial charge in [-0.3, -0.25) is 0 Å². The summed E-state index contributed by atoms with van der Waals surface area (Å²) < 4.78 is 35.4. The van der Waals surface area contributed by atoms with Crippen molar-refractivity contribution in [2.75, 3.05) is 19.8 Å². The van der Waals surface area contributed by atoms with Gasteiger partial charge in [-0.05, 0) is 110 Å². The van der Waals surface area contributed by atoms with Crippen LogP contribution in [0.5, 0.6) is 23.0 Å². The van der Waals surface area contributed by atoms with E-state index in [0.717, 1.165) is 47.6 Å². The van der Waals surface area contributed by atoms with Crippen molar-refractivity contribution >= 4 is 15.9 Å². The molecule has 2 aromatic rings. The smallest absolute Gasteiger partial charge is 0.165 e. The summed E-state index contributed by atoms with van der Waals surface area (Å²) in [5.41, 5.74) is 2.09. The number of aryl methyl sites for hydroxylation is 2. The molecular formula is C25H32BrFO4. The number of ether oxygens (including phenoxy) is 4. The second kappa shape index (κ2) is 13.3. The maximum absolute atomic E-state index is 12.7. The molecule has 4 nitrogen and oxygen atoms in total. The van der Waals surface area contributed by atoms with Crippen LogP contribution in [0, 0.1) is 6.92 Å². The summed E-state index contributed by atoms with van der Waals surface area (Å²) in [4.78, 5) is 0. The van der Waals surface area contributed by atoms with E-state index in [1.807, 2.05) is 57.2 Å². The van der Waals surface area contributed by atoms with Crippen molar-refractivity contribution in [1.29, 1.82) is 0 Å². The highest BCUT2D eigenvalue weighted by Gasteiger charge is 2.09. The maximum Gasteiger partial charge on any atom is 0.165 e. The Kier molecular flexibility index (Phi) is 10.7. The van der Waals surface area contributed by atoms with Crippen LogP contribution in [0.15, 0.2) is 47.2 Å². The third kappa shape index (κ3) is 9.21. The number of rotatable bonds is 13. The Labute approximate surface area is 193 Å². The SMILES string of the molecule is CCc1cc(OC/C=C(/F)Br)cc(C)c1OCCCCOc1ccc(OC(C)C)cc1. The molecule has 0 heterocycles. The molecule has 0 unspecified atom stereocenters. The van der Waals surface area contributed by atoms with E-state index in [4.69, 9.17) is 18.9 Å². The summed E-state index contributed by atoms with van der Waals surface area (Å²) in [6.45, 7) is 9.52. The first-order valence-electron chi connectivity index (χ1n) is 10.7. The number of halogens is 2. The Balaban J connectivity index is 1.75. The standard InChI is InChI=1S/C25H32BrFO4/c1-5-20-17-23(29-15-12-24(26)27)16-19(4)25(20)30-14-7-6-13-28-21-8-10-22(11-9-21)31-18(2)3/h8-12,16-18H,5-7,13-15H2,1-4H3/b24-12+. The molecule has 0 N–H and O–H groups in total. The van der Waals surface area contributed by atoms with Crippen molar-refractivity contribution in [3.05, 3.63) is 58.3 Å². The lowest BCUT2D eigenvalue weighted by atomic mass is 10.1. The Morgan fingerprint density at radius 3 is 2.23 bits per heavy atom. The van der Waals surface area contributed by atoms with Gasteiger partial charge in [-0.15, -0.1) is 0 Å². The highest BCUT2D eigenvalue weighted by molar-refractivity contribution is 9.11. The molecule has 0 aliphatic rings. The van der Waals surface area contributed by atoms with Crippen molar-refractivity contribution in [2.45, 2.75) is 53.1 Å². The normalized spacial score (nSPS) is 11.5. The molecule has 0 fully saturated rings. The van der Waals surface area contributed by atoms with E-state index in [1.54, 1.807) is 0 Å². The summed E-state index contributed by atoms with van der Waals surface area (Å²) in [5, 5.41) is 0. The van der Waals surface area contributed by atoms with Gasteiger partial charge in [-0.2, -0.15) is 4.39 Å². The fourth-order valence-corrected chi connectivity index (χ4v) is 3.15. The number of unbranched alkanes of at least 4 members (excludes halogenated alkanes) is 1. The average Bonchev–Trinajstić information content (AvgIpc) is 2.72. The second-order valence-electron chi connectivity index (χ2n) is 7.43. The van der Waals surface area contributed by atoms with E-state index in [2.05, 4.69) is 22.9 Å². The first kappa shape index (κ1) is 25.1. The van der Waals surface area contributed by atoms with Gasteiger partial charge in [0.05, 0.1) is 19.3 Å². The van der Waals surface area contributed by atoms with Crippen molar-refractivity contribution < 1.29 is 23.3 Å². The zero-order valence-electron chi connectivity index (χ0n) is 18.8. The molecule has 0 atom stereocenters. The molecule has 2 aromatic carbocycles. The quantitative estimate of drug-likeness (QED) is 0.276. The second-order valence-corrected chi connectivity index (χ2v) is 8.19. The van der Waals surface area contributed by atoms with E-state index >= 15 is 0 Å². The molecule has 6 heteroatoms. The summed E-state index contributed by atoms with van der Waals surface area (Å²) in [7, 11) is 0. The molecular weight excluding hydrogens is 463 g/mol. The predicted molar refractivity (Wildman–Crippen MR) is 127 cm³/mol. The van der Waals surface area contributed by atoms with Gasteiger partial charge in [-0.25, -0.2) is 0 Å². The molecule has 0 saturated heterocycles. The molecule has 0 aliphatic heterocycles. The molecule has 0 radical (unpaired) electrons. The van der Waals surface area contributed by atoms with E-state index in [9.17, 15) is 4.39 Å². The summed E-state index contributed by atoms with van der Waals surface area (Å²) in [5.74, 6) is 3.30. The lowest BCUT2D eigenvalue weighted by Gasteiger charge is -2.16. The van der Waals surface area contributed by atoms with Crippen molar-refractivity contribution in [3.8, 4) is 23.0 Å². The third-order valence-corrected chi connectivity index (χ3v) is 4.77. The van der Waals surface area contributed by atoms with Crippen LogP contribution in [0.25, 0.3) is 0 Å². The molecule has 170 valence electrons. The average molecular weight is 495 g/mol. The van der Waals surface area contributed by atoms with Gasteiger partial charge >= 0.3 is 0 Å². The van der Waals surface area contributed by atoms with Crippen LogP contribution in [0.1, 0.15) is 44.7 Å². The highest BCUT2D eigenvalue weighted by atomic mass is 79.9. The van der Waals surface area contributed by atoms with Crippen LogP contribution >= 0.6 is 15.9 Å². The third-order valence-electron chi connectivity index (χ3n) is 4.44. The summed E-state index contributed by atoms with van der Waals surface area (Å²) in [6.07, 6.45) is 4.12. The van der Waals surface area contributed by atoms with Gasteiger partial charge in [0.15, 0.2) is 4.74 Å². The first-order valence-corrected chi connectivity index (χ1v) is 11.5. The zero-order chi connectivity index (χ0) is 22.6. The fourth-order valence-electron chi connectivity index (χ4n) is 3.02. The van der Waals surface area contributed by atoms with Gasteiger partial charge in [0.2, 0.25) is 0 Å². The fraction of sp³-hybridized carbons (Fsp3) is 0.440. The van der Waals surface area contributed by atoms with Gasteiger partial charge in [-0.1, -0.05) is 6.92 Å². The van der Waals surface area contributed by atoms with Crippen LogP contribution in [0.2, 0.25) is 0 Å². The maximum atomic E-state index is 12.7. The van der Waals surface area contributed by atoms with Crippen LogP contribution in [0.3, 0.4) is 0 Å². The Morgan fingerprint density at radius 1 is 0.968 bits per heavy atom. The minimum atomic E-state index is -0.430. The largest absolute Gasteiger partial charge is 0.494 e. The summed E-state index contributed by atoms with van der Waals surface area (Å²) in [6, 6.07) is 11.6. The molecule has 0 spiro atoms. The molecule has 0 bridgehead atoms. The van der Waals surface area contributed by atoms with E-state index in [-0.39, 0.29) is 12.7 Å². The highest BCUT2D eigenvalue weighted by Crippen LogP contribution is 2.30. The van der Waals surface area contributed by atoms with Crippen molar-refractivity contribution in [2.24, 2.45) is 0 Å². The zero-order valence-corrected chi connectivity index (χ0v) is 20.3. The molecule has 0 aliphatic carbocycles. The number of benzene rings is 2. The van der Waals surface area contributed by atoms with E-state index in [0.29, 0.717) is 19.0 Å². The van der Waals surface area contributed by atoms with E-state index in [1.165, 1.54) is 6.08 Å².